The van der Waals surface area contributed by atoms with Gasteiger partial charge in [0, 0.05) is 33.5 Å². The minimum Gasteiger partial charge on any atom is -0.358 e. The summed E-state index contributed by atoms with van der Waals surface area (Å²) in [5.41, 5.74) is 4.27. The van der Waals surface area contributed by atoms with Crippen LogP contribution in [-0.4, -0.2) is 18.6 Å². The van der Waals surface area contributed by atoms with E-state index in [1.807, 2.05) is 7.05 Å². The molecule has 0 radical (unpaired) electrons. The number of H-pyrrole nitrogens is 1. The number of likely N-dealkylation sites (N-methyl/N-ethyl adjacent to an activating group) is 1. The summed E-state index contributed by atoms with van der Waals surface area (Å²) in [6, 6.07) is 6.55. The van der Waals surface area contributed by atoms with Gasteiger partial charge in [-0.15, -0.1) is 0 Å². The maximum absolute atomic E-state index is 3.62. The Morgan fingerprint density at radius 2 is 2.35 bits per heavy atom. The van der Waals surface area contributed by atoms with E-state index >= 15 is 0 Å². The smallest absolute Gasteiger partial charge is 0.0470 e. The molecule has 90 valence electrons. The minimum atomic E-state index is 0.648. The summed E-state index contributed by atoms with van der Waals surface area (Å²) >= 11 is 3.54. The van der Waals surface area contributed by atoms with Gasteiger partial charge in [0.25, 0.3) is 0 Å². The van der Waals surface area contributed by atoms with Crippen molar-refractivity contribution in [1.29, 1.82) is 0 Å². The van der Waals surface area contributed by atoms with E-state index in [-0.39, 0.29) is 0 Å². The second-order valence-corrected chi connectivity index (χ2v) is 5.77. The first-order chi connectivity index (χ1) is 8.29. The molecule has 0 amide bonds. The fraction of sp³-hybridized carbons (Fsp3) is 0.429. The molecule has 1 heterocycles. The van der Waals surface area contributed by atoms with Crippen molar-refractivity contribution in [2.24, 2.45) is 0 Å². The predicted molar refractivity (Wildman–Crippen MR) is 75.6 cm³/mol. The highest BCUT2D eigenvalue weighted by Gasteiger charge is 2.23. The molecule has 1 aromatic carbocycles. The molecule has 1 aromatic heterocycles. The van der Waals surface area contributed by atoms with Crippen molar-refractivity contribution < 1.29 is 0 Å². The second-order valence-electron chi connectivity index (χ2n) is 4.85. The van der Waals surface area contributed by atoms with E-state index in [2.05, 4.69) is 44.4 Å². The second kappa shape index (κ2) is 4.46. The number of aromatic nitrogens is 1. The van der Waals surface area contributed by atoms with Crippen molar-refractivity contribution in [3.8, 4) is 0 Å². The number of halogens is 1. The quantitative estimate of drug-likeness (QED) is 0.870. The van der Waals surface area contributed by atoms with Gasteiger partial charge in [-0.05, 0) is 44.0 Å². The van der Waals surface area contributed by atoms with Crippen LogP contribution in [0.25, 0.3) is 10.9 Å². The third-order valence-corrected chi connectivity index (χ3v) is 4.23. The van der Waals surface area contributed by atoms with Crippen LogP contribution in [-0.2, 0) is 6.42 Å². The predicted octanol–water partition coefficient (Wildman–Crippen LogP) is 3.57. The lowest BCUT2D eigenvalue weighted by Gasteiger charge is -2.22. The lowest BCUT2D eigenvalue weighted by Crippen LogP contribution is -2.21. The highest BCUT2D eigenvalue weighted by molar-refractivity contribution is 9.10. The van der Waals surface area contributed by atoms with Crippen molar-refractivity contribution in [2.45, 2.75) is 25.2 Å². The van der Waals surface area contributed by atoms with Gasteiger partial charge in [-0.3, -0.25) is 0 Å². The van der Waals surface area contributed by atoms with E-state index in [1.165, 1.54) is 35.9 Å². The molecule has 3 heteroatoms. The molecule has 1 aliphatic carbocycles. The molecule has 0 spiro atoms. The Hall–Kier alpha value is -0.800. The number of benzene rings is 1. The Morgan fingerprint density at radius 1 is 1.47 bits per heavy atom. The Labute approximate surface area is 110 Å². The number of aryl methyl sites for hydroxylation is 1. The molecule has 3 rings (SSSR count). The van der Waals surface area contributed by atoms with Gasteiger partial charge < -0.3 is 10.3 Å². The average Bonchev–Trinajstić information content (AvgIpc) is 2.68. The Kier molecular flexibility index (Phi) is 2.97. The zero-order chi connectivity index (χ0) is 11.8. The number of rotatable bonds is 2. The van der Waals surface area contributed by atoms with Gasteiger partial charge in [0.2, 0.25) is 0 Å². The summed E-state index contributed by atoms with van der Waals surface area (Å²) in [5.74, 6) is 0.648. The van der Waals surface area contributed by atoms with E-state index in [0.29, 0.717) is 5.92 Å². The Balaban J connectivity index is 2.14. The van der Waals surface area contributed by atoms with Crippen molar-refractivity contribution >= 4 is 26.8 Å². The van der Waals surface area contributed by atoms with Gasteiger partial charge in [-0.2, -0.15) is 0 Å². The molecule has 2 N–H and O–H groups in total. The molecule has 0 fully saturated rings. The van der Waals surface area contributed by atoms with E-state index in [0.717, 1.165) is 11.0 Å². The molecular weight excluding hydrogens is 276 g/mol. The summed E-state index contributed by atoms with van der Waals surface area (Å²) in [4.78, 5) is 3.62. The standard InChI is InChI=1S/C14H17BrN2/c1-16-8-9-3-2-4-12-11-6-5-10(15)7-13(11)17-14(9)12/h5-7,9,16-17H,2-4,8H2,1H3. The number of fused-ring (bicyclic) bond motifs is 3. The van der Waals surface area contributed by atoms with E-state index in [9.17, 15) is 0 Å². The van der Waals surface area contributed by atoms with Crippen LogP contribution in [0, 0.1) is 0 Å². The first-order valence-electron chi connectivity index (χ1n) is 6.24. The molecule has 0 aliphatic heterocycles. The largest absolute Gasteiger partial charge is 0.358 e. The van der Waals surface area contributed by atoms with Gasteiger partial charge in [-0.1, -0.05) is 22.0 Å². The number of hydrogen-bond acceptors (Lipinski definition) is 1. The summed E-state index contributed by atoms with van der Waals surface area (Å²) in [6.07, 6.45) is 3.82. The molecule has 2 aromatic rings. The third kappa shape index (κ3) is 1.91. The molecule has 0 saturated carbocycles. The van der Waals surface area contributed by atoms with Gasteiger partial charge >= 0.3 is 0 Å². The summed E-state index contributed by atoms with van der Waals surface area (Å²) in [6.45, 7) is 1.07. The number of nitrogens with one attached hydrogen (secondary N) is 2. The summed E-state index contributed by atoms with van der Waals surface area (Å²) in [7, 11) is 2.04. The van der Waals surface area contributed by atoms with Crippen molar-refractivity contribution in [1.82, 2.24) is 10.3 Å². The number of aromatic amines is 1. The van der Waals surface area contributed by atoms with Gasteiger partial charge in [0.05, 0.1) is 0 Å². The number of hydrogen-bond donors (Lipinski definition) is 2. The summed E-state index contributed by atoms with van der Waals surface area (Å²) in [5, 5.41) is 4.71. The Bertz CT molecular complexity index is 544. The van der Waals surface area contributed by atoms with Crippen LogP contribution < -0.4 is 5.32 Å². The first kappa shape index (κ1) is 11.3. The average molecular weight is 293 g/mol. The fourth-order valence-electron chi connectivity index (χ4n) is 2.99. The molecular formula is C14H17BrN2. The molecule has 0 saturated heterocycles. The van der Waals surface area contributed by atoms with Gasteiger partial charge in [0.15, 0.2) is 0 Å². The van der Waals surface area contributed by atoms with E-state index in [4.69, 9.17) is 0 Å². The van der Waals surface area contributed by atoms with Crippen molar-refractivity contribution in [2.75, 3.05) is 13.6 Å². The Morgan fingerprint density at radius 3 is 3.18 bits per heavy atom. The molecule has 1 atom stereocenters. The van der Waals surface area contributed by atoms with Gasteiger partial charge in [0.1, 0.15) is 0 Å². The maximum atomic E-state index is 3.62. The SMILES string of the molecule is CNCC1CCCc2c1[nH]c1cc(Br)ccc21. The topological polar surface area (TPSA) is 27.8 Å². The third-order valence-electron chi connectivity index (χ3n) is 3.74. The zero-order valence-corrected chi connectivity index (χ0v) is 11.6. The molecule has 2 nitrogen and oxygen atoms in total. The van der Waals surface area contributed by atoms with Crippen LogP contribution in [0.4, 0.5) is 0 Å². The van der Waals surface area contributed by atoms with Crippen molar-refractivity contribution in [3.63, 3.8) is 0 Å². The first-order valence-corrected chi connectivity index (χ1v) is 7.03. The van der Waals surface area contributed by atoms with Crippen LogP contribution >= 0.6 is 15.9 Å². The van der Waals surface area contributed by atoms with Crippen LogP contribution in [0.1, 0.15) is 30.0 Å². The minimum absolute atomic E-state index is 0.648. The monoisotopic (exact) mass is 292 g/mol. The van der Waals surface area contributed by atoms with Crippen LogP contribution in [0.2, 0.25) is 0 Å². The van der Waals surface area contributed by atoms with E-state index in [1.54, 1.807) is 5.56 Å². The van der Waals surface area contributed by atoms with Crippen LogP contribution in [0.3, 0.4) is 0 Å². The lowest BCUT2D eigenvalue weighted by atomic mass is 9.87. The normalized spacial score (nSPS) is 19.5. The lowest BCUT2D eigenvalue weighted by molar-refractivity contribution is 0.522. The summed E-state index contributed by atoms with van der Waals surface area (Å²) < 4.78 is 1.15. The highest BCUT2D eigenvalue weighted by atomic mass is 79.9. The van der Waals surface area contributed by atoms with Crippen LogP contribution in [0.15, 0.2) is 22.7 Å². The van der Waals surface area contributed by atoms with Crippen LogP contribution in [0.5, 0.6) is 0 Å². The maximum Gasteiger partial charge on any atom is 0.0470 e. The molecule has 0 bridgehead atoms. The highest BCUT2D eigenvalue weighted by Crippen LogP contribution is 2.36. The zero-order valence-electron chi connectivity index (χ0n) is 10.0. The van der Waals surface area contributed by atoms with Crippen molar-refractivity contribution in [3.05, 3.63) is 33.9 Å². The molecule has 1 aliphatic rings. The van der Waals surface area contributed by atoms with E-state index < -0.39 is 0 Å². The van der Waals surface area contributed by atoms with Gasteiger partial charge in [-0.25, -0.2) is 0 Å². The molecule has 1 unspecified atom stereocenters. The fourth-order valence-corrected chi connectivity index (χ4v) is 3.35. The molecule has 17 heavy (non-hydrogen) atoms.